The van der Waals surface area contributed by atoms with Crippen LogP contribution in [0.4, 0.5) is 0 Å². The Labute approximate surface area is 109 Å². The van der Waals surface area contributed by atoms with Crippen molar-refractivity contribution in [2.75, 3.05) is 26.3 Å². The zero-order chi connectivity index (χ0) is 12.4. The van der Waals surface area contributed by atoms with E-state index in [1.165, 1.54) is 30.8 Å². The van der Waals surface area contributed by atoms with Crippen LogP contribution in [0.1, 0.15) is 48.9 Å². The van der Waals surface area contributed by atoms with Crippen LogP contribution in [0.15, 0.2) is 6.07 Å². The van der Waals surface area contributed by atoms with Crippen LogP contribution in [0, 0.1) is 0 Å². The molecule has 2 aliphatic rings. The van der Waals surface area contributed by atoms with E-state index >= 15 is 0 Å². The number of aromatic nitrogens is 2. The Balaban J connectivity index is 1.76. The number of aryl methyl sites for hydroxylation is 1. The number of hydrogen-bond donors (Lipinski definition) is 1. The molecule has 4 heteroatoms. The molecule has 0 bridgehead atoms. The van der Waals surface area contributed by atoms with Crippen molar-refractivity contribution < 1.29 is 4.74 Å². The van der Waals surface area contributed by atoms with Crippen molar-refractivity contribution >= 4 is 0 Å². The topological polar surface area (TPSA) is 39.1 Å². The van der Waals surface area contributed by atoms with E-state index in [0.29, 0.717) is 11.8 Å². The number of hydrogen-bond acceptors (Lipinski definition) is 3. The number of piperidine rings is 1. The fourth-order valence-corrected chi connectivity index (χ4v) is 3.18. The Morgan fingerprint density at radius 2 is 2.11 bits per heavy atom. The zero-order valence-electron chi connectivity index (χ0n) is 11.2. The van der Waals surface area contributed by atoms with Crippen LogP contribution in [-0.4, -0.2) is 36.1 Å². The van der Waals surface area contributed by atoms with Crippen LogP contribution in [0.25, 0.3) is 0 Å². The summed E-state index contributed by atoms with van der Waals surface area (Å²) in [5, 5.41) is 8.23. The molecular weight excluding hydrogens is 226 g/mol. The molecule has 0 aromatic carbocycles. The van der Waals surface area contributed by atoms with E-state index in [-0.39, 0.29) is 0 Å². The number of nitrogens with one attached hydrogen (secondary N) is 1. The first-order chi connectivity index (χ1) is 8.84. The third-order valence-electron chi connectivity index (χ3n) is 4.29. The van der Waals surface area contributed by atoms with Gasteiger partial charge in [0, 0.05) is 44.3 Å². The van der Waals surface area contributed by atoms with Gasteiger partial charge in [0.05, 0.1) is 5.69 Å². The van der Waals surface area contributed by atoms with E-state index < -0.39 is 0 Å². The largest absolute Gasteiger partial charge is 0.381 e. The minimum atomic E-state index is 0.607. The molecule has 3 rings (SSSR count). The molecule has 2 aliphatic heterocycles. The van der Waals surface area contributed by atoms with Gasteiger partial charge < -0.3 is 10.1 Å². The molecule has 0 amide bonds. The van der Waals surface area contributed by atoms with Gasteiger partial charge in [-0.15, -0.1) is 0 Å². The molecule has 1 unspecified atom stereocenters. The second-order valence-corrected chi connectivity index (χ2v) is 5.55. The molecule has 0 saturated carbocycles. The Hall–Kier alpha value is -0.870. The summed E-state index contributed by atoms with van der Waals surface area (Å²) in [5.74, 6) is 1.25. The van der Waals surface area contributed by atoms with Gasteiger partial charge in [-0.1, -0.05) is 0 Å². The third-order valence-corrected chi connectivity index (χ3v) is 4.29. The minimum absolute atomic E-state index is 0.607. The number of rotatable bonds is 2. The molecule has 1 atom stereocenters. The van der Waals surface area contributed by atoms with Crippen LogP contribution in [0.5, 0.6) is 0 Å². The van der Waals surface area contributed by atoms with Gasteiger partial charge in [0.1, 0.15) is 0 Å². The highest BCUT2D eigenvalue weighted by atomic mass is 16.5. The van der Waals surface area contributed by atoms with Crippen molar-refractivity contribution in [2.24, 2.45) is 7.05 Å². The maximum absolute atomic E-state index is 5.43. The van der Waals surface area contributed by atoms with Crippen LogP contribution < -0.4 is 5.32 Å². The van der Waals surface area contributed by atoms with Crippen LogP contribution >= 0.6 is 0 Å². The van der Waals surface area contributed by atoms with Gasteiger partial charge in [-0.2, -0.15) is 5.10 Å². The van der Waals surface area contributed by atoms with Crippen LogP contribution in [-0.2, 0) is 11.8 Å². The highest BCUT2D eigenvalue weighted by Gasteiger charge is 2.23. The summed E-state index contributed by atoms with van der Waals surface area (Å²) in [6.45, 7) is 4.05. The van der Waals surface area contributed by atoms with Crippen molar-refractivity contribution in [1.82, 2.24) is 15.1 Å². The number of nitrogens with zero attached hydrogens (tertiary/aromatic N) is 2. The summed E-state index contributed by atoms with van der Waals surface area (Å²) in [5.41, 5.74) is 2.69. The highest BCUT2D eigenvalue weighted by molar-refractivity contribution is 5.19. The first kappa shape index (κ1) is 12.2. The zero-order valence-corrected chi connectivity index (χ0v) is 11.2. The van der Waals surface area contributed by atoms with Gasteiger partial charge in [0.25, 0.3) is 0 Å². The van der Waals surface area contributed by atoms with Crippen molar-refractivity contribution in [3.8, 4) is 0 Å². The van der Waals surface area contributed by atoms with Gasteiger partial charge in [0.2, 0.25) is 0 Å². The van der Waals surface area contributed by atoms with E-state index in [2.05, 4.69) is 23.1 Å². The van der Waals surface area contributed by atoms with Crippen molar-refractivity contribution in [3.05, 3.63) is 17.5 Å². The summed E-state index contributed by atoms with van der Waals surface area (Å²) >= 11 is 0. The van der Waals surface area contributed by atoms with E-state index in [1.807, 2.05) is 0 Å². The molecule has 100 valence electrons. The quantitative estimate of drug-likeness (QED) is 0.868. The summed E-state index contributed by atoms with van der Waals surface area (Å²) in [6, 6.07) is 2.34. The van der Waals surface area contributed by atoms with Gasteiger partial charge in [0.15, 0.2) is 0 Å². The molecule has 1 aromatic rings. The van der Waals surface area contributed by atoms with Crippen LogP contribution in [0.2, 0.25) is 0 Å². The van der Waals surface area contributed by atoms with E-state index in [9.17, 15) is 0 Å². The molecule has 2 saturated heterocycles. The number of ether oxygens (including phenoxy) is 1. The molecule has 0 radical (unpaired) electrons. The second kappa shape index (κ2) is 5.41. The first-order valence-corrected chi connectivity index (χ1v) is 7.17. The third kappa shape index (κ3) is 2.45. The van der Waals surface area contributed by atoms with Crippen molar-refractivity contribution in [1.29, 1.82) is 0 Å². The lowest BCUT2D eigenvalue weighted by atomic mass is 9.93. The Bertz CT molecular complexity index is 390. The van der Waals surface area contributed by atoms with Gasteiger partial charge >= 0.3 is 0 Å². The lowest BCUT2D eigenvalue weighted by Crippen LogP contribution is -2.29. The predicted molar refractivity (Wildman–Crippen MR) is 70.8 cm³/mol. The van der Waals surface area contributed by atoms with E-state index in [4.69, 9.17) is 9.84 Å². The monoisotopic (exact) mass is 249 g/mol. The molecule has 1 aromatic heterocycles. The Kier molecular flexibility index (Phi) is 3.66. The average Bonchev–Trinajstić information content (AvgIpc) is 2.83. The molecule has 0 aliphatic carbocycles. The van der Waals surface area contributed by atoms with Gasteiger partial charge in [-0.3, -0.25) is 4.68 Å². The molecule has 3 heterocycles. The maximum atomic E-state index is 5.43. The molecule has 18 heavy (non-hydrogen) atoms. The maximum Gasteiger partial charge on any atom is 0.0660 e. The standard InChI is InChI=1S/C14H23N3O/c1-17-14(12-3-2-6-15-10-12)9-13(16-17)11-4-7-18-8-5-11/h9,11-12,15H,2-8,10H2,1H3. The smallest absolute Gasteiger partial charge is 0.0660 e. The molecule has 0 spiro atoms. The fraction of sp³-hybridized carbons (Fsp3) is 0.786. The van der Waals surface area contributed by atoms with E-state index in [0.717, 1.165) is 32.6 Å². The fourth-order valence-electron chi connectivity index (χ4n) is 3.18. The van der Waals surface area contributed by atoms with Gasteiger partial charge in [-0.25, -0.2) is 0 Å². The molecule has 4 nitrogen and oxygen atoms in total. The van der Waals surface area contributed by atoms with Crippen LogP contribution in [0.3, 0.4) is 0 Å². The minimum Gasteiger partial charge on any atom is -0.381 e. The SMILES string of the molecule is Cn1nc(C2CCOCC2)cc1C1CCCNC1. The summed E-state index contributed by atoms with van der Waals surface area (Å²) in [6.07, 6.45) is 4.82. The second-order valence-electron chi connectivity index (χ2n) is 5.55. The molecule has 1 N–H and O–H groups in total. The summed E-state index contributed by atoms with van der Waals surface area (Å²) in [4.78, 5) is 0. The van der Waals surface area contributed by atoms with E-state index in [1.54, 1.807) is 0 Å². The van der Waals surface area contributed by atoms with Crippen molar-refractivity contribution in [3.63, 3.8) is 0 Å². The van der Waals surface area contributed by atoms with Gasteiger partial charge in [-0.05, 0) is 38.3 Å². The lowest BCUT2D eigenvalue weighted by Gasteiger charge is -2.22. The Morgan fingerprint density at radius 1 is 1.28 bits per heavy atom. The Morgan fingerprint density at radius 3 is 2.83 bits per heavy atom. The normalized spacial score (nSPS) is 26.4. The first-order valence-electron chi connectivity index (χ1n) is 7.17. The predicted octanol–water partition coefficient (Wildman–Crippen LogP) is 1.78. The molecular formula is C14H23N3O. The highest BCUT2D eigenvalue weighted by Crippen LogP contribution is 2.30. The van der Waals surface area contributed by atoms with Crippen molar-refractivity contribution in [2.45, 2.75) is 37.5 Å². The average molecular weight is 249 g/mol. The summed E-state index contributed by atoms with van der Waals surface area (Å²) < 4.78 is 7.53. The molecule has 2 fully saturated rings. The lowest BCUT2D eigenvalue weighted by molar-refractivity contribution is 0.0844. The summed E-state index contributed by atoms with van der Waals surface area (Å²) in [7, 11) is 2.09.